The van der Waals surface area contributed by atoms with E-state index < -0.39 is 5.97 Å². The van der Waals surface area contributed by atoms with Gasteiger partial charge in [-0.05, 0) is 30.5 Å². The predicted molar refractivity (Wildman–Crippen MR) is 64.1 cm³/mol. The zero-order valence-corrected chi connectivity index (χ0v) is 9.80. The summed E-state index contributed by atoms with van der Waals surface area (Å²) in [4.78, 5) is 22.3. The second-order valence-electron chi connectivity index (χ2n) is 4.61. The SMILES string of the molecule is O=C(Cc1ccc(O)cc1)NC1CC(C(=O)O)C1. The van der Waals surface area contributed by atoms with Crippen molar-refractivity contribution < 1.29 is 19.8 Å². The zero-order chi connectivity index (χ0) is 13.1. The van der Waals surface area contributed by atoms with Gasteiger partial charge in [-0.3, -0.25) is 9.59 Å². The second kappa shape index (κ2) is 5.08. The Morgan fingerprint density at radius 3 is 2.39 bits per heavy atom. The Labute approximate surface area is 104 Å². The summed E-state index contributed by atoms with van der Waals surface area (Å²) in [6.45, 7) is 0. The van der Waals surface area contributed by atoms with Crippen LogP contribution in [0.3, 0.4) is 0 Å². The Balaban J connectivity index is 1.76. The highest BCUT2D eigenvalue weighted by Crippen LogP contribution is 2.27. The third-order valence-corrected chi connectivity index (χ3v) is 3.15. The van der Waals surface area contributed by atoms with Gasteiger partial charge in [0.1, 0.15) is 5.75 Å². The van der Waals surface area contributed by atoms with Gasteiger partial charge in [0.2, 0.25) is 5.91 Å². The van der Waals surface area contributed by atoms with E-state index >= 15 is 0 Å². The van der Waals surface area contributed by atoms with Crippen molar-refractivity contribution >= 4 is 11.9 Å². The third-order valence-electron chi connectivity index (χ3n) is 3.15. The molecule has 1 amide bonds. The van der Waals surface area contributed by atoms with Crippen LogP contribution in [0.5, 0.6) is 5.75 Å². The van der Waals surface area contributed by atoms with Crippen LogP contribution in [0.25, 0.3) is 0 Å². The molecule has 5 heteroatoms. The number of amides is 1. The number of aromatic hydroxyl groups is 1. The number of benzene rings is 1. The van der Waals surface area contributed by atoms with Crippen molar-refractivity contribution in [2.75, 3.05) is 0 Å². The minimum absolute atomic E-state index is 0.0179. The highest BCUT2D eigenvalue weighted by molar-refractivity contribution is 5.79. The van der Waals surface area contributed by atoms with Crippen LogP contribution in [0.15, 0.2) is 24.3 Å². The zero-order valence-electron chi connectivity index (χ0n) is 9.80. The fourth-order valence-electron chi connectivity index (χ4n) is 2.02. The average molecular weight is 249 g/mol. The summed E-state index contributed by atoms with van der Waals surface area (Å²) in [5, 5.41) is 20.6. The smallest absolute Gasteiger partial charge is 0.306 e. The van der Waals surface area contributed by atoms with Crippen molar-refractivity contribution in [3.8, 4) is 5.75 Å². The van der Waals surface area contributed by atoms with Gasteiger partial charge in [-0.15, -0.1) is 0 Å². The lowest BCUT2D eigenvalue weighted by Gasteiger charge is -2.32. The molecule has 1 saturated carbocycles. The molecular weight excluding hydrogens is 234 g/mol. The largest absolute Gasteiger partial charge is 0.508 e. The fraction of sp³-hybridized carbons (Fsp3) is 0.385. The van der Waals surface area contributed by atoms with Crippen LogP contribution in [0.4, 0.5) is 0 Å². The van der Waals surface area contributed by atoms with Crippen molar-refractivity contribution in [1.29, 1.82) is 0 Å². The maximum Gasteiger partial charge on any atom is 0.306 e. The number of nitrogens with one attached hydrogen (secondary N) is 1. The van der Waals surface area contributed by atoms with Crippen LogP contribution in [0.1, 0.15) is 18.4 Å². The van der Waals surface area contributed by atoms with Gasteiger partial charge < -0.3 is 15.5 Å². The Hall–Kier alpha value is -2.04. The first kappa shape index (κ1) is 12.4. The van der Waals surface area contributed by atoms with Crippen molar-refractivity contribution in [2.45, 2.75) is 25.3 Å². The molecule has 0 unspecified atom stereocenters. The lowest BCUT2D eigenvalue weighted by Crippen LogP contribution is -2.47. The molecule has 1 aliphatic carbocycles. The Morgan fingerprint density at radius 1 is 1.22 bits per heavy atom. The number of carboxylic acid groups (broad SMARTS) is 1. The molecule has 2 rings (SSSR count). The van der Waals surface area contributed by atoms with Gasteiger partial charge in [0.05, 0.1) is 12.3 Å². The summed E-state index contributed by atoms with van der Waals surface area (Å²) in [6.07, 6.45) is 1.27. The molecule has 0 heterocycles. The molecule has 0 bridgehead atoms. The maximum absolute atomic E-state index is 11.7. The summed E-state index contributed by atoms with van der Waals surface area (Å²) in [6, 6.07) is 6.43. The molecule has 0 saturated heterocycles. The van der Waals surface area contributed by atoms with Crippen LogP contribution in [0.2, 0.25) is 0 Å². The van der Waals surface area contributed by atoms with E-state index in [2.05, 4.69) is 5.32 Å². The number of hydrogen-bond acceptors (Lipinski definition) is 3. The highest BCUT2D eigenvalue weighted by atomic mass is 16.4. The van der Waals surface area contributed by atoms with E-state index in [4.69, 9.17) is 10.2 Å². The molecule has 0 radical (unpaired) electrons. The molecule has 96 valence electrons. The van der Waals surface area contributed by atoms with Crippen molar-refractivity contribution in [3.63, 3.8) is 0 Å². The monoisotopic (exact) mass is 249 g/mol. The van der Waals surface area contributed by atoms with Gasteiger partial charge in [-0.25, -0.2) is 0 Å². The minimum Gasteiger partial charge on any atom is -0.508 e. The molecule has 0 atom stereocenters. The molecule has 18 heavy (non-hydrogen) atoms. The first-order chi connectivity index (χ1) is 8.54. The number of carbonyl (C=O) groups is 2. The number of rotatable bonds is 4. The van der Waals surface area contributed by atoms with Crippen LogP contribution in [-0.4, -0.2) is 28.1 Å². The number of phenolic OH excluding ortho intramolecular Hbond substituents is 1. The lowest BCUT2D eigenvalue weighted by atomic mass is 9.80. The van der Waals surface area contributed by atoms with E-state index in [0.29, 0.717) is 12.8 Å². The topological polar surface area (TPSA) is 86.6 Å². The molecule has 5 nitrogen and oxygen atoms in total. The van der Waals surface area contributed by atoms with Crippen LogP contribution >= 0.6 is 0 Å². The number of aliphatic carboxylic acids is 1. The van der Waals surface area contributed by atoms with E-state index in [9.17, 15) is 9.59 Å². The van der Waals surface area contributed by atoms with Gasteiger partial charge in [0.15, 0.2) is 0 Å². The standard InChI is InChI=1S/C13H15NO4/c15-11-3-1-8(2-4-11)5-12(16)14-10-6-9(7-10)13(17)18/h1-4,9-10,15H,5-7H2,(H,14,16)(H,17,18). The second-order valence-corrected chi connectivity index (χ2v) is 4.61. The Morgan fingerprint density at radius 2 is 1.83 bits per heavy atom. The summed E-state index contributed by atoms with van der Waals surface area (Å²) in [5.74, 6) is -1.06. The molecule has 1 fully saturated rings. The van der Waals surface area contributed by atoms with Crippen molar-refractivity contribution in [3.05, 3.63) is 29.8 Å². The molecule has 1 aromatic rings. The fourth-order valence-corrected chi connectivity index (χ4v) is 2.02. The van der Waals surface area contributed by atoms with E-state index in [-0.39, 0.29) is 30.0 Å². The van der Waals surface area contributed by atoms with Crippen molar-refractivity contribution in [1.82, 2.24) is 5.32 Å². The Kier molecular flexibility index (Phi) is 3.50. The quantitative estimate of drug-likeness (QED) is 0.740. The van der Waals surface area contributed by atoms with E-state index in [0.717, 1.165) is 5.56 Å². The average Bonchev–Trinajstić information content (AvgIpc) is 2.25. The van der Waals surface area contributed by atoms with Crippen LogP contribution < -0.4 is 5.32 Å². The third kappa shape index (κ3) is 3.00. The number of carbonyl (C=O) groups excluding carboxylic acids is 1. The lowest BCUT2D eigenvalue weighted by molar-refractivity contribution is -0.146. The van der Waals surface area contributed by atoms with Crippen LogP contribution in [-0.2, 0) is 16.0 Å². The molecule has 1 aromatic carbocycles. The molecular formula is C13H15NO4. The molecule has 0 aliphatic heterocycles. The van der Waals surface area contributed by atoms with Gasteiger partial charge >= 0.3 is 5.97 Å². The van der Waals surface area contributed by atoms with Gasteiger partial charge in [0.25, 0.3) is 0 Å². The molecule has 1 aliphatic rings. The summed E-state index contributed by atoms with van der Waals surface area (Å²) < 4.78 is 0. The number of carboxylic acids is 1. The first-order valence-corrected chi connectivity index (χ1v) is 5.84. The molecule has 0 spiro atoms. The van der Waals surface area contributed by atoms with Gasteiger partial charge in [-0.1, -0.05) is 12.1 Å². The van der Waals surface area contributed by atoms with E-state index in [1.165, 1.54) is 12.1 Å². The number of hydrogen-bond donors (Lipinski definition) is 3. The summed E-state index contributed by atoms with van der Waals surface area (Å²) in [7, 11) is 0. The predicted octanol–water partition coefficient (Wildman–Crippen LogP) is 0.914. The first-order valence-electron chi connectivity index (χ1n) is 5.84. The molecule has 3 N–H and O–H groups in total. The Bertz CT molecular complexity index is 449. The van der Waals surface area contributed by atoms with Crippen molar-refractivity contribution in [2.24, 2.45) is 5.92 Å². The molecule has 0 aromatic heterocycles. The van der Waals surface area contributed by atoms with Crippen LogP contribution in [0, 0.1) is 5.92 Å². The van der Waals surface area contributed by atoms with E-state index in [1.807, 2.05) is 0 Å². The summed E-state index contributed by atoms with van der Waals surface area (Å²) in [5.41, 5.74) is 0.819. The van der Waals surface area contributed by atoms with Gasteiger partial charge in [-0.2, -0.15) is 0 Å². The number of phenols is 1. The highest BCUT2D eigenvalue weighted by Gasteiger charge is 2.35. The van der Waals surface area contributed by atoms with E-state index in [1.54, 1.807) is 12.1 Å². The summed E-state index contributed by atoms with van der Waals surface area (Å²) >= 11 is 0. The minimum atomic E-state index is -0.793. The normalized spacial score (nSPS) is 22.0. The van der Waals surface area contributed by atoms with Gasteiger partial charge in [0, 0.05) is 6.04 Å². The maximum atomic E-state index is 11.7.